The number of rotatable bonds is 10. The Balaban J connectivity index is 1.70. The second-order valence-corrected chi connectivity index (χ2v) is 6.27. The highest BCUT2D eigenvalue weighted by atomic mass is 16.5. The molecule has 1 amide bonds. The summed E-state index contributed by atoms with van der Waals surface area (Å²) in [5.74, 6) is 2.14. The van der Waals surface area contributed by atoms with Crippen LogP contribution in [0, 0.1) is 0 Å². The lowest BCUT2D eigenvalue weighted by atomic mass is 10.2. The summed E-state index contributed by atoms with van der Waals surface area (Å²) in [6, 6.07) is 17.4. The van der Waals surface area contributed by atoms with Gasteiger partial charge in [0, 0.05) is 20.1 Å². The molecule has 2 aromatic rings. The Kier molecular flexibility index (Phi) is 9.35. The van der Waals surface area contributed by atoms with Gasteiger partial charge in [-0.25, -0.2) is 0 Å². The van der Waals surface area contributed by atoms with Crippen LogP contribution in [0.4, 0.5) is 0 Å². The van der Waals surface area contributed by atoms with E-state index in [9.17, 15) is 4.79 Å². The van der Waals surface area contributed by atoms with Gasteiger partial charge in [0.2, 0.25) is 5.91 Å². The quantitative estimate of drug-likeness (QED) is 0.365. The third-order valence-electron chi connectivity index (χ3n) is 4.30. The number of methoxy groups -OCH3 is 1. The lowest BCUT2D eigenvalue weighted by Crippen LogP contribution is -2.45. The molecular weight excluding hydrogens is 368 g/mol. The number of nitrogens with one attached hydrogen (secondary N) is 2. The maximum atomic E-state index is 12.5. The molecular formula is C22H30N4O3. The molecule has 0 unspecified atom stereocenters. The van der Waals surface area contributed by atoms with E-state index in [1.165, 1.54) is 0 Å². The zero-order valence-electron chi connectivity index (χ0n) is 17.4. The van der Waals surface area contributed by atoms with Gasteiger partial charge < -0.3 is 25.0 Å². The number of nitrogens with zero attached hydrogens (tertiary/aromatic N) is 2. The molecule has 0 fully saturated rings. The van der Waals surface area contributed by atoms with Crippen LogP contribution in [-0.4, -0.2) is 57.2 Å². The number of aliphatic imine (C=N–C) groups is 1. The van der Waals surface area contributed by atoms with E-state index in [1.807, 2.05) is 66.4 Å². The molecule has 0 spiro atoms. The van der Waals surface area contributed by atoms with Crippen LogP contribution in [0.5, 0.6) is 11.5 Å². The SMILES string of the molecule is CCN(Cc1ccccc1)C(=O)CNC(=NC)NCCOc1ccc(OC)cc1. The summed E-state index contributed by atoms with van der Waals surface area (Å²) >= 11 is 0. The zero-order chi connectivity index (χ0) is 20.9. The average molecular weight is 399 g/mol. The summed E-state index contributed by atoms with van der Waals surface area (Å²) in [5, 5.41) is 6.20. The zero-order valence-corrected chi connectivity index (χ0v) is 17.4. The molecule has 2 N–H and O–H groups in total. The van der Waals surface area contributed by atoms with Crippen molar-refractivity contribution < 1.29 is 14.3 Å². The molecule has 156 valence electrons. The molecule has 7 heteroatoms. The number of carbonyl (C=O) groups is 1. The first-order valence-electron chi connectivity index (χ1n) is 9.69. The maximum absolute atomic E-state index is 12.5. The van der Waals surface area contributed by atoms with Gasteiger partial charge in [0.25, 0.3) is 0 Å². The average Bonchev–Trinajstić information content (AvgIpc) is 2.77. The molecule has 0 saturated heterocycles. The number of guanidine groups is 1. The minimum absolute atomic E-state index is 0.0220. The highest BCUT2D eigenvalue weighted by Crippen LogP contribution is 2.16. The summed E-state index contributed by atoms with van der Waals surface area (Å²) in [4.78, 5) is 18.5. The van der Waals surface area contributed by atoms with E-state index < -0.39 is 0 Å². The number of benzene rings is 2. The van der Waals surface area contributed by atoms with Gasteiger partial charge in [-0.3, -0.25) is 9.79 Å². The molecule has 2 rings (SSSR count). The van der Waals surface area contributed by atoms with Gasteiger partial charge in [-0.1, -0.05) is 30.3 Å². The Morgan fingerprint density at radius 2 is 1.72 bits per heavy atom. The highest BCUT2D eigenvalue weighted by molar-refractivity contribution is 5.86. The van der Waals surface area contributed by atoms with E-state index in [2.05, 4.69) is 15.6 Å². The molecule has 0 saturated carbocycles. The Labute approximate surface area is 172 Å². The largest absolute Gasteiger partial charge is 0.497 e. The fourth-order valence-electron chi connectivity index (χ4n) is 2.68. The first-order valence-corrected chi connectivity index (χ1v) is 9.69. The molecule has 7 nitrogen and oxygen atoms in total. The normalized spacial score (nSPS) is 10.9. The van der Waals surface area contributed by atoms with Crippen molar-refractivity contribution in [2.45, 2.75) is 13.5 Å². The second kappa shape index (κ2) is 12.3. The number of likely N-dealkylation sites (N-methyl/N-ethyl adjacent to an activating group) is 1. The fourth-order valence-corrected chi connectivity index (χ4v) is 2.68. The molecule has 29 heavy (non-hydrogen) atoms. The van der Waals surface area contributed by atoms with Gasteiger partial charge >= 0.3 is 0 Å². The van der Waals surface area contributed by atoms with Crippen molar-refractivity contribution in [2.24, 2.45) is 4.99 Å². The molecule has 0 radical (unpaired) electrons. The lowest BCUT2D eigenvalue weighted by Gasteiger charge is -2.22. The summed E-state index contributed by atoms with van der Waals surface area (Å²) in [7, 11) is 3.30. The first kappa shape index (κ1) is 22.1. The van der Waals surface area contributed by atoms with Crippen molar-refractivity contribution in [1.82, 2.24) is 15.5 Å². The highest BCUT2D eigenvalue weighted by Gasteiger charge is 2.12. The molecule has 0 aliphatic heterocycles. The van der Waals surface area contributed by atoms with Gasteiger partial charge in [0.15, 0.2) is 5.96 Å². The second-order valence-electron chi connectivity index (χ2n) is 6.27. The van der Waals surface area contributed by atoms with Crippen LogP contribution in [0.15, 0.2) is 59.6 Å². The van der Waals surface area contributed by atoms with E-state index in [4.69, 9.17) is 9.47 Å². The van der Waals surface area contributed by atoms with Gasteiger partial charge in [0.05, 0.1) is 20.2 Å². The van der Waals surface area contributed by atoms with Crippen molar-refractivity contribution in [3.8, 4) is 11.5 Å². The third kappa shape index (κ3) is 7.73. The summed E-state index contributed by atoms with van der Waals surface area (Å²) < 4.78 is 10.8. The molecule has 0 heterocycles. The van der Waals surface area contributed by atoms with Crippen molar-refractivity contribution in [2.75, 3.05) is 40.4 Å². The Hall–Kier alpha value is -3.22. The van der Waals surface area contributed by atoms with Crippen LogP contribution in [0.2, 0.25) is 0 Å². The summed E-state index contributed by atoms with van der Waals surface area (Å²) in [5.41, 5.74) is 1.11. The van der Waals surface area contributed by atoms with Crippen LogP contribution < -0.4 is 20.1 Å². The van der Waals surface area contributed by atoms with Crippen LogP contribution in [0.1, 0.15) is 12.5 Å². The maximum Gasteiger partial charge on any atom is 0.242 e. The van der Waals surface area contributed by atoms with Crippen molar-refractivity contribution in [3.63, 3.8) is 0 Å². The van der Waals surface area contributed by atoms with E-state index in [0.29, 0.717) is 32.2 Å². The molecule has 2 aromatic carbocycles. The number of hydrogen-bond acceptors (Lipinski definition) is 4. The molecule has 0 aliphatic carbocycles. The molecule has 0 aromatic heterocycles. The number of ether oxygens (including phenoxy) is 2. The van der Waals surface area contributed by atoms with Crippen molar-refractivity contribution >= 4 is 11.9 Å². The predicted molar refractivity (Wildman–Crippen MR) is 115 cm³/mol. The Morgan fingerprint density at radius 3 is 2.34 bits per heavy atom. The smallest absolute Gasteiger partial charge is 0.242 e. The fraction of sp³-hybridized carbons (Fsp3) is 0.364. The minimum Gasteiger partial charge on any atom is -0.497 e. The van der Waals surface area contributed by atoms with Crippen LogP contribution in [0.25, 0.3) is 0 Å². The first-order chi connectivity index (χ1) is 14.2. The Morgan fingerprint density at radius 1 is 1.03 bits per heavy atom. The van der Waals surface area contributed by atoms with Crippen LogP contribution in [-0.2, 0) is 11.3 Å². The van der Waals surface area contributed by atoms with Gasteiger partial charge in [-0.2, -0.15) is 0 Å². The van der Waals surface area contributed by atoms with E-state index in [0.717, 1.165) is 17.1 Å². The van der Waals surface area contributed by atoms with E-state index >= 15 is 0 Å². The summed E-state index contributed by atoms with van der Waals surface area (Å²) in [6.45, 7) is 4.43. The molecule has 0 bridgehead atoms. The van der Waals surface area contributed by atoms with Gasteiger partial charge in [-0.15, -0.1) is 0 Å². The van der Waals surface area contributed by atoms with Crippen molar-refractivity contribution in [1.29, 1.82) is 0 Å². The molecule has 0 aliphatic rings. The minimum atomic E-state index is 0.0220. The van der Waals surface area contributed by atoms with Gasteiger partial charge in [-0.05, 0) is 36.8 Å². The van der Waals surface area contributed by atoms with Crippen molar-refractivity contribution in [3.05, 3.63) is 60.2 Å². The Bertz CT molecular complexity index is 763. The predicted octanol–water partition coefficient (Wildman–Crippen LogP) is 2.29. The number of hydrogen-bond donors (Lipinski definition) is 2. The third-order valence-corrected chi connectivity index (χ3v) is 4.30. The number of carbonyl (C=O) groups excluding carboxylic acids is 1. The summed E-state index contributed by atoms with van der Waals surface area (Å²) in [6.07, 6.45) is 0. The van der Waals surface area contributed by atoms with E-state index in [-0.39, 0.29) is 12.5 Å². The standard InChI is InChI=1S/C22H30N4O3/c1-4-26(17-18-8-6-5-7-9-18)21(27)16-25-22(23-2)24-14-15-29-20-12-10-19(28-3)11-13-20/h5-13H,4,14-17H2,1-3H3,(H2,23,24,25). The number of amides is 1. The van der Waals surface area contributed by atoms with Crippen LogP contribution >= 0.6 is 0 Å². The van der Waals surface area contributed by atoms with Crippen LogP contribution in [0.3, 0.4) is 0 Å². The van der Waals surface area contributed by atoms with E-state index in [1.54, 1.807) is 14.2 Å². The monoisotopic (exact) mass is 398 g/mol. The van der Waals surface area contributed by atoms with Gasteiger partial charge in [0.1, 0.15) is 18.1 Å². The molecule has 0 atom stereocenters. The topological polar surface area (TPSA) is 75.2 Å². The lowest BCUT2D eigenvalue weighted by molar-refractivity contribution is -0.130.